The van der Waals surface area contributed by atoms with E-state index in [1.807, 2.05) is 60.7 Å². The number of anilines is 1. The second-order valence-corrected chi connectivity index (χ2v) is 10.1. The Kier molecular flexibility index (Phi) is 8.04. The average molecular weight is 566 g/mol. The van der Waals surface area contributed by atoms with Gasteiger partial charge in [-0.15, -0.1) is 6.42 Å². The average Bonchev–Trinajstić information content (AvgIpc) is 3.29. The number of ether oxygens (including phenoxy) is 3. The molecule has 1 amide bonds. The zero-order chi connectivity index (χ0) is 28.9. The zero-order valence-corrected chi connectivity index (χ0v) is 23.5. The van der Waals surface area contributed by atoms with E-state index in [0.29, 0.717) is 43.5 Å². The normalized spacial score (nSPS) is 14.5. The summed E-state index contributed by atoms with van der Waals surface area (Å²) in [6, 6.07) is 21.1. The van der Waals surface area contributed by atoms with Crippen LogP contribution in [0.3, 0.4) is 0 Å². The van der Waals surface area contributed by atoms with E-state index in [2.05, 4.69) is 11.2 Å². The summed E-state index contributed by atoms with van der Waals surface area (Å²) >= 11 is 1.25. The molecule has 0 saturated heterocycles. The van der Waals surface area contributed by atoms with Crippen molar-refractivity contribution < 1.29 is 19.0 Å². The largest absolute Gasteiger partial charge is 0.497 e. The number of fused-ring (bicyclic) bond motifs is 1. The van der Waals surface area contributed by atoms with Crippen LogP contribution in [0, 0.1) is 12.3 Å². The van der Waals surface area contributed by atoms with Crippen LogP contribution >= 0.6 is 11.3 Å². The monoisotopic (exact) mass is 565 g/mol. The van der Waals surface area contributed by atoms with E-state index in [0.717, 1.165) is 11.1 Å². The van der Waals surface area contributed by atoms with Gasteiger partial charge in [0.25, 0.3) is 11.5 Å². The molecule has 1 aliphatic rings. The Bertz CT molecular complexity index is 1850. The summed E-state index contributed by atoms with van der Waals surface area (Å²) in [5.41, 5.74) is 2.78. The van der Waals surface area contributed by atoms with Crippen molar-refractivity contribution in [1.29, 1.82) is 0 Å². The van der Waals surface area contributed by atoms with Crippen LogP contribution in [0.5, 0.6) is 17.2 Å². The van der Waals surface area contributed by atoms with Crippen molar-refractivity contribution in [2.75, 3.05) is 26.1 Å². The van der Waals surface area contributed by atoms with Crippen LogP contribution in [0.1, 0.15) is 24.1 Å². The van der Waals surface area contributed by atoms with Gasteiger partial charge in [-0.05, 0) is 60.5 Å². The molecule has 206 valence electrons. The molecule has 0 bridgehead atoms. The van der Waals surface area contributed by atoms with E-state index in [1.54, 1.807) is 36.8 Å². The van der Waals surface area contributed by atoms with Gasteiger partial charge in [-0.3, -0.25) is 14.2 Å². The standard InChI is InChI=1S/C32H27N3O5S/c1-5-17-40-25-16-11-21(18-26(25)39-4)19-27-31(37)35-29(22-12-14-24(38-3)15-13-22)28(20(2)33-32(35)41-27)30(36)34-23-9-7-6-8-10-23/h1,6-16,18-19,29H,17H2,2-4H3,(H,34,36)/b27-19+/t29-/m1/s1. The third kappa shape index (κ3) is 5.64. The van der Waals surface area contributed by atoms with Crippen molar-refractivity contribution in [3.63, 3.8) is 0 Å². The Morgan fingerprint density at radius 1 is 1.07 bits per heavy atom. The smallest absolute Gasteiger partial charge is 0.271 e. The molecule has 0 spiro atoms. The Labute approximate surface area is 240 Å². The highest BCUT2D eigenvalue weighted by atomic mass is 32.1. The van der Waals surface area contributed by atoms with Crippen LogP contribution in [0.4, 0.5) is 5.69 Å². The quantitative estimate of drug-likeness (QED) is 0.327. The zero-order valence-electron chi connectivity index (χ0n) is 22.7. The van der Waals surface area contributed by atoms with Gasteiger partial charge in [0.2, 0.25) is 0 Å². The van der Waals surface area contributed by atoms with E-state index in [4.69, 9.17) is 25.6 Å². The van der Waals surface area contributed by atoms with E-state index >= 15 is 0 Å². The molecule has 2 heterocycles. The summed E-state index contributed by atoms with van der Waals surface area (Å²) in [6.45, 7) is 1.90. The molecule has 41 heavy (non-hydrogen) atoms. The van der Waals surface area contributed by atoms with Crippen molar-refractivity contribution in [3.05, 3.63) is 115 Å². The van der Waals surface area contributed by atoms with Crippen LogP contribution in [-0.2, 0) is 4.79 Å². The fraction of sp³-hybridized carbons (Fsp3) is 0.156. The molecule has 8 nitrogen and oxygen atoms in total. The molecule has 1 aromatic heterocycles. The lowest BCUT2D eigenvalue weighted by Crippen LogP contribution is -2.40. The second kappa shape index (κ2) is 12.0. The molecule has 1 aliphatic heterocycles. The minimum Gasteiger partial charge on any atom is -0.497 e. The molecule has 4 aromatic rings. The molecule has 3 aromatic carbocycles. The van der Waals surface area contributed by atoms with Crippen LogP contribution in [0.2, 0.25) is 0 Å². The number of allylic oxidation sites excluding steroid dienone is 1. The summed E-state index contributed by atoms with van der Waals surface area (Å²) in [6.07, 6.45) is 7.08. The van der Waals surface area contributed by atoms with E-state index in [9.17, 15) is 9.59 Å². The minimum atomic E-state index is -0.697. The fourth-order valence-electron chi connectivity index (χ4n) is 4.60. The van der Waals surface area contributed by atoms with E-state index in [-0.39, 0.29) is 18.1 Å². The Hall–Kier alpha value is -5.07. The maximum Gasteiger partial charge on any atom is 0.271 e. The lowest BCUT2D eigenvalue weighted by molar-refractivity contribution is -0.113. The summed E-state index contributed by atoms with van der Waals surface area (Å²) in [7, 11) is 3.12. The number of terminal acetylenes is 1. The fourth-order valence-corrected chi connectivity index (χ4v) is 5.64. The van der Waals surface area contributed by atoms with Crippen LogP contribution in [0.15, 0.2) is 93.9 Å². The number of hydrogen-bond donors (Lipinski definition) is 1. The Morgan fingerprint density at radius 2 is 1.83 bits per heavy atom. The molecule has 0 fully saturated rings. The third-order valence-corrected chi connectivity index (χ3v) is 7.51. The third-order valence-electron chi connectivity index (χ3n) is 6.53. The Morgan fingerprint density at radius 3 is 2.51 bits per heavy atom. The lowest BCUT2D eigenvalue weighted by atomic mass is 9.95. The second-order valence-electron chi connectivity index (χ2n) is 9.08. The van der Waals surface area contributed by atoms with E-state index < -0.39 is 6.04 Å². The van der Waals surface area contributed by atoms with Gasteiger partial charge < -0.3 is 19.5 Å². The van der Waals surface area contributed by atoms with Crippen LogP contribution in [-0.4, -0.2) is 31.3 Å². The topological polar surface area (TPSA) is 91.2 Å². The predicted molar refractivity (Wildman–Crippen MR) is 159 cm³/mol. The first kappa shape index (κ1) is 27.5. The van der Waals surface area contributed by atoms with Crippen molar-refractivity contribution in [2.45, 2.75) is 13.0 Å². The van der Waals surface area contributed by atoms with Crippen molar-refractivity contribution in [2.24, 2.45) is 4.99 Å². The molecule has 0 unspecified atom stereocenters. The number of amides is 1. The summed E-state index contributed by atoms with van der Waals surface area (Å²) in [5, 5.41) is 2.95. The van der Waals surface area contributed by atoms with Gasteiger partial charge in [0, 0.05) is 5.69 Å². The molecule has 1 N–H and O–H groups in total. The SMILES string of the molecule is C#CCOc1ccc(/C=c2/sc3n(c2=O)[C@H](c2ccc(OC)cc2)C(C(=O)Nc2ccccc2)=C(C)N=3)cc1OC. The maximum absolute atomic E-state index is 13.9. The van der Waals surface area contributed by atoms with Gasteiger partial charge in [-0.1, -0.05) is 53.7 Å². The number of para-hydroxylation sites is 1. The number of benzene rings is 3. The molecule has 0 aliphatic carbocycles. The molecular weight excluding hydrogens is 538 g/mol. The highest BCUT2D eigenvalue weighted by Gasteiger charge is 2.32. The van der Waals surface area contributed by atoms with Gasteiger partial charge in [0.1, 0.15) is 12.4 Å². The van der Waals surface area contributed by atoms with Crippen molar-refractivity contribution >= 4 is 29.0 Å². The van der Waals surface area contributed by atoms with Gasteiger partial charge in [-0.25, -0.2) is 4.99 Å². The van der Waals surface area contributed by atoms with E-state index in [1.165, 1.54) is 18.4 Å². The van der Waals surface area contributed by atoms with Gasteiger partial charge in [-0.2, -0.15) is 0 Å². The van der Waals surface area contributed by atoms with Crippen LogP contribution in [0.25, 0.3) is 6.08 Å². The number of rotatable bonds is 8. The summed E-state index contributed by atoms with van der Waals surface area (Å²) < 4.78 is 18.4. The molecule has 5 rings (SSSR count). The first-order valence-electron chi connectivity index (χ1n) is 12.7. The minimum absolute atomic E-state index is 0.110. The molecule has 1 atom stereocenters. The maximum atomic E-state index is 13.9. The number of thiazole rings is 1. The van der Waals surface area contributed by atoms with Crippen LogP contribution < -0.4 is 34.4 Å². The highest BCUT2D eigenvalue weighted by molar-refractivity contribution is 7.07. The Balaban J connectivity index is 1.63. The van der Waals surface area contributed by atoms with Crippen molar-refractivity contribution in [1.82, 2.24) is 4.57 Å². The highest BCUT2D eigenvalue weighted by Crippen LogP contribution is 2.32. The van der Waals surface area contributed by atoms with Gasteiger partial charge >= 0.3 is 0 Å². The number of hydrogen-bond acceptors (Lipinski definition) is 7. The predicted octanol–water partition coefficient (Wildman–Crippen LogP) is 3.90. The lowest BCUT2D eigenvalue weighted by Gasteiger charge is -2.25. The summed E-state index contributed by atoms with van der Waals surface area (Å²) in [5.74, 6) is 3.77. The number of carbonyl (C=O) groups is 1. The number of carbonyl (C=O) groups excluding carboxylic acids is 1. The number of nitrogens with one attached hydrogen (secondary N) is 1. The molecule has 0 radical (unpaired) electrons. The molecular formula is C32H27N3O5S. The number of nitrogens with zero attached hydrogens (tertiary/aromatic N) is 2. The molecule has 0 saturated carbocycles. The van der Waals surface area contributed by atoms with Gasteiger partial charge in [0.15, 0.2) is 16.3 Å². The first-order valence-corrected chi connectivity index (χ1v) is 13.5. The first-order chi connectivity index (χ1) is 19.9. The number of aromatic nitrogens is 1. The summed E-state index contributed by atoms with van der Waals surface area (Å²) in [4.78, 5) is 32.8. The number of methoxy groups -OCH3 is 2. The van der Waals surface area contributed by atoms with Crippen molar-refractivity contribution in [3.8, 4) is 29.6 Å². The van der Waals surface area contributed by atoms with Gasteiger partial charge in [0.05, 0.1) is 36.1 Å². The molecule has 9 heteroatoms.